The van der Waals surface area contributed by atoms with Crippen LogP contribution in [0, 0.1) is 0 Å². The minimum absolute atomic E-state index is 0.420. The van der Waals surface area contributed by atoms with Gasteiger partial charge in [-0.3, -0.25) is 0 Å². The van der Waals surface area contributed by atoms with Crippen LogP contribution in [0.1, 0.15) is 31.3 Å². The van der Waals surface area contributed by atoms with Gasteiger partial charge in [-0.25, -0.2) is 4.98 Å². The van der Waals surface area contributed by atoms with E-state index in [-0.39, 0.29) is 0 Å². The number of rotatable bonds is 4. The molecule has 72 valence electrons. The van der Waals surface area contributed by atoms with Crippen molar-refractivity contribution in [3.05, 3.63) is 16.7 Å². The van der Waals surface area contributed by atoms with Gasteiger partial charge in [-0.2, -0.15) is 0 Å². The topological polar surface area (TPSA) is 61.3 Å². The summed E-state index contributed by atoms with van der Waals surface area (Å²) in [6.07, 6.45) is 4.27. The van der Waals surface area contributed by atoms with Crippen LogP contribution >= 0.6 is 11.6 Å². The van der Waals surface area contributed by atoms with Crippen LogP contribution in [-0.4, -0.2) is 21.4 Å². The second-order valence-corrected chi connectivity index (χ2v) is 3.11. The average Bonchev–Trinajstić information content (AvgIpc) is 2.45. The van der Waals surface area contributed by atoms with E-state index in [0.717, 1.165) is 25.1 Å². The van der Waals surface area contributed by atoms with Gasteiger partial charge in [-0.1, -0.05) is 30.1 Å². The molecule has 0 aliphatic rings. The Bertz CT molecular complexity index is 296. The van der Waals surface area contributed by atoms with E-state index in [1.54, 1.807) is 0 Å². The summed E-state index contributed by atoms with van der Waals surface area (Å²) in [7, 11) is 0. The van der Waals surface area contributed by atoms with E-state index in [0.29, 0.717) is 10.8 Å². The number of H-pyrrole nitrogens is 1. The zero-order chi connectivity index (χ0) is 9.68. The summed E-state index contributed by atoms with van der Waals surface area (Å²) in [4.78, 5) is 7.06. The first-order valence-electron chi connectivity index (χ1n) is 4.19. The van der Waals surface area contributed by atoms with E-state index in [4.69, 9.17) is 16.8 Å². The Morgan fingerprint density at radius 3 is 3.08 bits per heavy atom. The SMILES string of the molecule is CCCCc1nc(C=NO)c(Cl)[nH]1. The summed E-state index contributed by atoms with van der Waals surface area (Å²) < 4.78 is 0. The van der Waals surface area contributed by atoms with Gasteiger partial charge < -0.3 is 10.2 Å². The number of aromatic amines is 1. The maximum absolute atomic E-state index is 8.29. The van der Waals surface area contributed by atoms with Gasteiger partial charge in [-0.15, -0.1) is 0 Å². The van der Waals surface area contributed by atoms with Gasteiger partial charge in [0.05, 0.1) is 6.21 Å². The average molecular weight is 202 g/mol. The van der Waals surface area contributed by atoms with Gasteiger partial charge >= 0.3 is 0 Å². The number of nitrogens with zero attached hydrogens (tertiary/aromatic N) is 2. The number of aryl methyl sites for hydroxylation is 1. The number of hydrogen-bond donors (Lipinski definition) is 2. The number of nitrogens with one attached hydrogen (secondary N) is 1. The molecule has 1 heterocycles. The van der Waals surface area contributed by atoms with Gasteiger partial charge in [-0.05, 0) is 6.42 Å². The summed E-state index contributed by atoms with van der Waals surface area (Å²) in [5.74, 6) is 0.835. The van der Waals surface area contributed by atoms with Crippen LogP contribution in [-0.2, 0) is 6.42 Å². The van der Waals surface area contributed by atoms with E-state index in [1.165, 1.54) is 6.21 Å². The summed E-state index contributed by atoms with van der Waals surface area (Å²) in [6, 6.07) is 0. The molecule has 13 heavy (non-hydrogen) atoms. The van der Waals surface area contributed by atoms with Crippen molar-refractivity contribution >= 4 is 17.8 Å². The van der Waals surface area contributed by atoms with Gasteiger partial charge in [0.2, 0.25) is 0 Å². The number of oxime groups is 1. The molecule has 2 N–H and O–H groups in total. The minimum Gasteiger partial charge on any atom is -0.411 e. The number of halogens is 1. The maximum Gasteiger partial charge on any atom is 0.135 e. The van der Waals surface area contributed by atoms with Crippen molar-refractivity contribution in [3.8, 4) is 0 Å². The largest absolute Gasteiger partial charge is 0.411 e. The highest BCUT2D eigenvalue weighted by Crippen LogP contribution is 2.11. The third kappa shape index (κ3) is 2.73. The Morgan fingerprint density at radius 2 is 2.46 bits per heavy atom. The monoisotopic (exact) mass is 201 g/mol. The van der Waals surface area contributed by atoms with E-state index in [2.05, 4.69) is 22.0 Å². The number of hydrogen-bond acceptors (Lipinski definition) is 3. The molecule has 0 amide bonds. The molecule has 0 spiro atoms. The number of unbranched alkanes of at least 4 members (excludes halogenated alkanes) is 1. The molecule has 4 nitrogen and oxygen atoms in total. The molecule has 1 rings (SSSR count). The summed E-state index contributed by atoms with van der Waals surface area (Å²) in [5.41, 5.74) is 0.482. The second-order valence-electron chi connectivity index (χ2n) is 2.73. The number of aromatic nitrogens is 2. The first-order valence-corrected chi connectivity index (χ1v) is 4.57. The van der Waals surface area contributed by atoms with E-state index in [9.17, 15) is 0 Å². The Kier molecular flexibility index (Phi) is 3.76. The minimum atomic E-state index is 0.420. The lowest BCUT2D eigenvalue weighted by Crippen LogP contribution is -1.87. The Balaban J connectivity index is 2.70. The van der Waals surface area contributed by atoms with Crippen LogP contribution < -0.4 is 0 Å². The molecule has 0 fully saturated rings. The van der Waals surface area contributed by atoms with Crippen molar-refractivity contribution in [2.75, 3.05) is 0 Å². The van der Waals surface area contributed by atoms with Gasteiger partial charge in [0.15, 0.2) is 0 Å². The summed E-state index contributed by atoms with van der Waals surface area (Å²) >= 11 is 5.78. The number of imidazole rings is 1. The molecule has 0 atom stereocenters. The predicted molar refractivity (Wildman–Crippen MR) is 51.6 cm³/mol. The van der Waals surface area contributed by atoms with Crippen LogP contribution in [0.3, 0.4) is 0 Å². The van der Waals surface area contributed by atoms with E-state index >= 15 is 0 Å². The quantitative estimate of drug-likeness (QED) is 0.446. The zero-order valence-electron chi connectivity index (χ0n) is 7.42. The fraction of sp³-hybridized carbons (Fsp3) is 0.500. The molecule has 1 aromatic heterocycles. The van der Waals surface area contributed by atoms with Crippen LogP contribution in [0.25, 0.3) is 0 Å². The van der Waals surface area contributed by atoms with Gasteiger partial charge in [0, 0.05) is 6.42 Å². The Morgan fingerprint density at radius 1 is 1.69 bits per heavy atom. The zero-order valence-corrected chi connectivity index (χ0v) is 8.17. The Hall–Kier alpha value is -1.03. The third-order valence-corrected chi connectivity index (χ3v) is 1.97. The van der Waals surface area contributed by atoms with Crippen LogP contribution in [0.5, 0.6) is 0 Å². The van der Waals surface area contributed by atoms with Crippen LogP contribution in [0.4, 0.5) is 0 Å². The molecule has 0 saturated heterocycles. The standard InChI is InChI=1S/C8H12ClN3O/c1-2-3-4-7-11-6(5-10-13)8(9)12-7/h5,13H,2-4H2,1H3,(H,11,12). The van der Waals surface area contributed by atoms with Crippen molar-refractivity contribution in [2.45, 2.75) is 26.2 Å². The highest BCUT2D eigenvalue weighted by Gasteiger charge is 2.05. The first kappa shape index (κ1) is 10.1. The van der Waals surface area contributed by atoms with Crippen molar-refractivity contribution in [3.63, 3.8) is 0 Å². The molecule has 0 aromatic carbocycles. The lowest BCUT2D eigenvalue weighted by atomic mass is 10.2. The van der Waals surface area contributed by atoms with Crippen molar-refractivity contribution < 1.29 is 5.21 Å². The normalized spacial score (nSPS) is 11.2. The molecule has 0 radical (unpaired) electrons. The molecule has 5 heteroatoms. The van der Waals surface area contributed by atoms with Crippen molar-refractivity contribution in [1.29, 1.82) is 0 Å². The molecular weight excluding hydrogens is 190 g/mol. The fourth-order valence-electron chi connectivity index (χ4n) is 1.02. The summed E-state index contributed by atoms with van der Waals surface area (Å²) in [6.45, 7) is 2.11. The van der Waals surface area contributed by atoms with Crippen molar-refractivity contribution in [2.24, 2.45) is 5.16 Å². The first-order chi connectivity index (χ1) is 6.27. The smallest absolute Gasteiger partial charge is 0.135 e. The predicted octanol–water partition coefficient (Wildman–Crippen LogP) is 2.21. The summed E-state index contributed by atoms with van der Waals surface area (Å²) in [5, 5.41) is 11.6. The van der Waals surface area contributed by atoms with E-state index in [1.807, 2.05) is 0 Å². The molecule has 0 aliphatic carbocycles. The second kappa shape index (κ2) is 4.87. The Labute approximate surface area is 81.6 Å². The maximum atomic E-state index is 8.29. The highest BCUT2D eigenvalue weighted by molar-refractivity contribution is 6.31. The lowest BCUT2D eigenvalue weighted by Gasteiger charge is -1.90. The molecule has 0 saturated carbocycles. The molecular formula is C8H12ClN3O. The molecule has 0 unspecified atom stereocenters. The van der Waals surface area contributed by atoms with Crippen molar-refractivity contribution in [1.82, 2.24) is 9.97 Å². The van der Waals surface area contributed by atoms with Gasteiger partial charge in [0.25, 0.3) is 0 Å². The van der Waals surface area contributed by atoms with E-state index < -0.39 is 0 Å². The highest BCUT2D eigenvalue weighted by atomic mass is 35.5. The van der Waals surface area contributed by atoms with Crippen LogP contribution in [0.15, 0.2) is 5.16 Å². The fourth-order valence-corrected chi connectivity index (χ4v) is 1.22. The molecule has 1 aromatic rings. The third-order valence-electron chi connectivity index (χ3n) is 1.68. The molecule has 0 bridgehead atoms. The van der Waals surface area contributed by atoms with Crippen LogP contribution in [0.2, 0.25) is 5.15 Å². The lowest BCUT2D eigenvalue weighted by molar-refractivity contribution is 0.321. The van der Waals surface area contributed by atoms with Gasteiger partial charge in [0.1, 0.15) is 16.7 Å². The molecule has 0 aliphatic heterocycles.